The molecule has 84 valence electrons. The lowest BCUT2D eigenvalue weighted by Gasteiger charge is -2.11. The molecular weight excluding hydrogens is 216 g/mol. The number of likely N-dealkylation sites (N-methyl/N-ethyl adjacent to an activating group) is 1. The van der Waals surface area contributed by atoms with Gasteiger partial charge in [0.25, 0.3) is 0 Å². The van der Waals surface area contributed by atoms with Crippen LogP contribution in [0.4, 0.5) is 0 Å². The van der Waals surface area contributed by atoms with E-state index in [9.17, 15) is 0 Å². The van der Waals surface area contributed by atoms with Crippen molar-refractivity contribution < 1.29 is 0 Å². The molecule has 0 saturated heterocycles. The summed E-state index contributed by atoms with van der Waals surface area (Å²) in [5.74, 6) is 0. The number of thiazole rings is 1. The van der Waals surface area contributed by atoms with E-state index < -0.39 is 0 Å². The Bertz CT molecular complexity index is 442. The summed E-state index contributed by atoms with van der Waals surface area (Å²) in [6.07, 6.45) is 3.91. The van der Waals surface area contributed by atoms with Crippen LogP contribution in [0.1, 0.15) is 11.4 Å². The number of nitrogens with zero attached hydrogens (tertiary/aromatic N) is 1. The van der Waals surface area contributed by atoms with Crippen molar-refractivity contribution in [3.05, 3.63) is 41.9 Å². The molecule has 3 heteroatoms. The average Bonchev–Trinajstić information content (AvgIpc) is 2.70. The summed E-state index contributed by atoms with van der Waals surface area (Å²) in [7, 11) is 1.99. The fraction of sp³-hybridized carbons (Fsp3) is 0.308. The van der Waals surface area contributed by atoms with E-state index in [1.54, 1.807) is 11.3 Å². The van der Waals surface area contributed by atoms with Crippen molar-refractivity contribution in [2.45, 2.75) is 18.9 Å². The first kappa shape index (κ1) is 11.3. The first-order valence-corrected chi connectivity index (χ1v) is 6.27. The fourth-order valence-corrected chi connectivity index (χ4v) is 2.77. The van der Waals surface area contributed by atoms with E-state index in [-0.39, 0.29) is 0 Å². The Hall–Kier alpha value is -1.19. The maximum Gasteiger partial charge on any atom is 0.0954 e. The number of fused-ring (bicyclic) bond motifs is 1. The zero-order chi connectivity index (χ0) is 11.4. The van der Waals surface area contributed by atoms with Crippen molar-refractivity contribution in [1.29, 1.82) is 0 Å². The summed E-state index contributed by atoms with van der Waals surface area (Å²) in [5, 5.41) is 4.49. The van der Waals surface area contributed by atoms with Crippen LogP contribution < -0.4 is 5.32 Å². The standard InChI is InChI=1S/C13H16N2S/c1-3-6-10(14-2)9-13-15-11-7-4-5-8-12(11)16-13/h3-5,7-8,10,14H,1,6,9H2,2H3. The van der Waals surface area contributed by atoms with Gasteiger partial charge in [0.2, 0.25) is 0 Å². The lowest BCUT2D eigenvalue weighted by molar-refractivity contribution is 0.565. The van der Waals surface area contributed by atoms with Gasteiger partial charge in [0.15, 0.2) is 0 Å². The lowest BCUT2D eigenvalue weighted by atomic mass is 10.1. The van der Waals surface area contributed by atoms with E-state index in [4.69, 9.17) is 0 Å². The predicted octanol–water partition coefficient (Wildman–Crippen LogP) is 3.00. The minimum absolute atomic E-state index is 0.443. The van der Waals surface area contributed by atoms with Crippen molar-refractivity contribution in [3.63, 3.8) is 0 Å². The van der Waals surface area contributed by atoms with Crippen molar-refractivity contribution in [2.75, 3.05) is 7.05 Å². The number of nitrogens with one attached hydrogen (secondary N) is 1. The quantitative estimate of drug-likeness (QED) is 0.802. The van der Waals surface area contributed by atoms with E-state index in [2.05, 4.69) is 35.1 Å². The first-order valence-electron chi connectivity index (χ1n) is 5.46. The molecular formula is C13H16N2S. The van der Waals surface area contributed by atoms with E-state index in [0.29, 0.717) is 6.04 Å². The van der Waals surface area contributed by atoms with Crippen molar-refractivity contribution in [1.82, 2.24) is 10.3 Å². The molecule has 0 aliphatic carbocycles. The van der Waals surface area contributed by atoms with Gasteiger partial charge in [-0.1, -0.05) is 18.2 Å². The Labute approximate surface area is 100 Å². The van der Waals surface area contributed by atoms with Gasteiger partial charge < -0.3 is 5.32 Å². The molecule has 0 aliphatic heterocycles. The van der Waals surface area contributed by atoms with E-state index in [1.165, 1.54) is 9.71 Å². The van der Waals surface area contributed by atoms with E-state index in [1.807, 2.05) is 19.2 Å². The zero-order valence-electron chi connectivity index (χ0n) is 9.44. The van der Waals surface area contributed by atoms with Gasteiger partial charge in [-0.15, -0.1) is 17.9 Å². The monoisotopic (exact) mass is 232 g/mol. The van der Waals surface area contributed by atoms with Crippen LogP contribution in [-0.2, 0) is 6.42 Å². The van der Waals surface area contributed by atoms with E-state index >= 15 is 0 Å². The molecule has 0 radical (unpaired) electrons. The summed E-state index contributed by atoms with van der Waals surface area (Å²) < 4.78 is 1.27. The van der Waals surface area contributed by atoms with Crippen molar-refractivity contribution >= 4 is 21.6 Å². The smallest absolute Gasteiger partial charge is 0.0954 e. The lowest BCUT2D eigenvalue weighted by Crippen LogP contribution is -2.26. The minimum Gasteiger partial charge on any atom is -0.316 e. The van der Waals surface area contributed by atoms with Crippen LogP contribution in [0.2, 0.25) is 0 Å². The molecule has 0 amide bonds. The fourth-order valence-electron chi connectivity index (χ4n) is 1.72. The van der Waals surface area contributed by atoms with Crippen LogP contribution in [0.15, 0.2) is 36.9 Å². The molecule has 2 rings (SSSR count). The second kappa shape index (κ2) is 5.23. The third-order valence-electron chi connectivity index (χ3n) is 2.62. The van der Waals surface area contributed by atoms with Crippen molar-refractivity contribution in [3.8, 4) is 0 Å². The summed E-state index contributed by atoms with van der Waals surface area (Å²) in [4.78, 5) is 4.63. The molecule has 1 aromatic carbocycles. The van der Waals surface area contributed by atoms with Gasteiger partial charge in [-0.3, -0.25) is 0 Å². The SMILES string of the molecule is C=CCC(Cc1nc2ccccc2s1)NC. The van der Waals surface area contributed by atoms with Crippen LogP contribution in [-0.4, -0.2) is 18.1 Å². The highest BCUT2D eigenvalue weighted by atomic mass is 32.1. The first-order chi connectivity index (χ1) is 7.83. The summed E-state index contributed by atoms with van der Waals surface area (Å²) in [5.41, 5.74) is 1.11. The van der Waals surface area contributed by atoms with Gasteiger partial charge in [0.05, 0.1) is 15.2 Å². The third kappa shape index (κ3) is 2.49. The van der Waals surface area contributed by atoms with Gasteiger partial charge >= 0.3 is 0 Å². The maximum atomic E-state index is 4.63. The average molecular weight is 232 g/mol. The zero-order valence-corrected chi connectivity index (χ0v) is 10.3. The molecule has 1 aromatic heterocycles. The Morgan fingerprint density at radius 2 is 2.31 bits per heavy atom. The second-order valence-corrected chi connectivity index (χ2v) is 4.90. The molecule has 1 heterocycles. The molecule has 0 bridgehead atoms. The second-order valence-electron chi connectivity index (χ2n) is 3.79. The molecule has 0 saturated carbocycles. The molecule has 1 atom stereocenters. The topological polar surface area (TPSA) is 24.9 Å². The number of hydrogen-bond acceptors (Lipinski definition) is 3. The number of benzene rings is 1. The number of aromatic nitrogens is 1. The van der Waals surface area contributed by atoms with Gasteiger partial charge in [0.1, 0.15) is 0 Å². The Morgan fingerprint density at radius 1 is 1.50 bits per heavy atom. The Morgan fingerprint density at radius 3 is 3.00 bits per heavy atom. The molecule has 1 unspecified atom stereocenters. The van der Waals surface area contributed by atoms with Crippen LogP contribution >= 0.6 is 11.3 Å². The van der Waals surface area contributed by atoms with Crippen LogP contribution in [0.3, 0.4) is 0 Å². The summed E-state index contributed by atoms with van der Waals surface area (Å²) in [6, 6.07) is 8.72. The molecule has 2 aromatic rings. The Kier molecular flexibility index (Phi) is 3.70. The maximum absolute atomic E-state index is 4.63. The van der Waals surface area contributed by atoms with Crippen LogP contribution in [0, 0.1) is 0 Å². The van der Waals surface area contributed by atoms with Gasteiger partial charge in [-0.05, 0) is 25.6 Å². The van der Waals surface area contributed by atoms with Crippen LogP contribution in [0.25, 0.3) is 10.2 Å². The van der Waals surface area contributed by atoms with Crippen LogP contribution in [0.5, 0.6) is 0 Å². The number of para-hydroxylation sites is 1. The van der Waals surface area contributed by atoms with Crippen molar-refractivity contribution in [2.24, 2.45) is 0 Å². The molecule has 0 aliphatic rings. The molecule has 16 heavy (non-hydrogen) atoms. The highest BCUT2D eigenvalue weighted by Gasteiger charge is 2.09. The highest BCUT2D eigenvalue weighted by molar-refractivity contribution is 7.18. The largest absolute Gasteiger partial charge is 0.316 e. The molecule has 0 spiro atoms. The molecule has 2 nitrogen and oxygen atoms in total. The summed E-state index contributed by atoms with van der Waals surface area (Å²) in [6.45, 7) is 3.78. The predicted molar refractivity (Wildman–Crippen MR) is 71.0 cm³/mol. The molecule has 1 N–H and O–H groups in total. The normalized spacial score (nSPS) is 12.8. The Balaban J connectivity index is 2.17. The van der Waals surface area contributed by atoms with Gasteiger partial charge in [0, 0.05) is 12.5 Å². The summed E-state index contributed by atoms with van der Waals surface area (Å²) >= 11 is 1.78. The number of rotatable bonds is 5. The third-order valence-corrected chi connectivity index (χ3v) is 3.68. The number of hydrogen-bond donors (Lipinski definition) is 1. The van der Waals surface area contributed by atoms with Gasteiger partial charge in [-0.25, -0.2) is 4.98 Å². The minimum atomic E-state index is 0.443. The van der Waals surface area contributed by atoms with E-state index in [0.717, 1.165) is 18.4 Å². The van der Waals surface area contributed by atoms with Gasteiger partial charge in [-0.2, -0.15) is 0 Å². The highest BCUT2D eigenvalue weighted by Crippen LogP contribution is 2.22. The molecule has 0 fully saturated rings.